The number of nitrogens with zero attached hydrogens (tertiary/aromatic N) is 1. The molecule has 0 unspecified atom stereocenters. The second kappa shape index (κ2) is 8.19. The van der Waals surface area contributed by atoms with Crippen LogP contribution in [0.15, 0.2) is 48.0 Å². The maximum Gasteiger partial charge on any atom is 0.266 e. The molecule has 24 heavy (non-hydrogen) atoms. The van der Waals surface area contributed by atoms with E-state index in [0.717, 1.165) is 11.1 Å². The van der Waals surface area contributed by atoms with Crippen molar-refractivity contribution in [1.29, 1.82) is 5.26 Å². The zero-order valence-electron chi connectivity index (χ0n) is 13.5. The Labute approximate surface area is 146 Å². The molecule has 0 aliphatic carbocycles. The number of ether oxygens (including phenoxy) is 1. The van der Waals surface area contributed by atoms with Gasteiger partial charge in [-0.25, -0.2) is 0 Å². The highest BCUT2D eigenvalue weighted by atomic mass is 35.5. The van der Waals surface area contributed by atoms with Crippen LogP contribution in [-0.4, -0.2) is 12.5 Å². The van der Waals surface area contributed by atoms with E-state index in [1.54, 1.807) is 30.3 Å². The van der Waals surface area contributed by atoms with Crippen molar-refractivity contribution in [3.05, 3.63) is 64.2 Å². The number of amides is 1. The number of aryl methyl sites for hydroxylation is 1. The van der Waals surface area contributed by atoms with Crippen LogP contribution in [0.3, 0.4) is 0 Å². The monoisotopic (exact) mass is 340 g/mol. The lowest BCUT2D eigenvalue weighted by atomic mass is 10.1. The lowest BCUT2D eigenvalue weighted by molar-refractivity contribution is -0.112. The molecular formula is C19H17ClN2O2. The Balaban J connectivity index is 2.24. The summed E-state index contributed by atoms with van der Waals surface area (Å²) in [7, 11) is 0. The van der Waals surface area contributed by atoms with Crippen molar-refractivity contribution in [1.82, 2.24) is 0 Å². The van der Waals surface area contributed by atoms with E-state index in [-0.39, 0.29) is 5.57 Å². The summed E-state index contributed by atoms with van der Waals surface area (Å²) in [6.07, 6.45) is 1.53. The summed E-state index contributed by atoms with van der Waals surface area (Å²) >= 11 is 5.95. The summed E-state index contributed by atoms with van der Waals surface area (Å²) < 4.78 is 5.42. The number of nitrogens with one attached hydrogen (secondary N) is 1. The van der Waals surface area contributed by atoms with Crippen LogP contribution in [0.2, 0.25) is 5.02 Å². The van der Waals surface area contributed by atoms with Crippen molar-refractivity contribution < 1.29 is 9.53 Å². The van der Waals surface area contributed by atoms with Crippen molar-refractivity contribution in [3.8, 4) is 11.8 Å². The number of nitriles is 1. The number of rotatable bonds is 5. The fourth-order valence-electron chi connectivity index (χ4n) is 2.09. The van der Waals surface area contributed by atoms with Gasteiger partial charge in [-0.2, -0.15) is 5.26 Å². The largest absolute Gasteiger partial charge is 0.494 e. The Morgan fingerprint density at radius 2 is 2.12 bits per heavy atom. The second-order valence-corrected chi connectivity index (χ2v) is 5.53. The van der Waals surface area contributed by atoms with Crippen LogP contribution in [0.1, 0.15) is 18.1 Å². The molecule has 2 aromatic carbocycles. The Morgan fingerprint density at radius 3 is 2.83 bits per heavy atom. The third-order valence-corrected chi connectivity index (χ3v) is 3.53. The zero-order valence-corrected chi connectivity index (χ0v) is 14.2. The predicted octanol–water partition coefficient (Wildman–Crippen LogP) is 4.59. The SMILES string of the molecule is CCOc1cccc(/C=C(\C#N)C(=O)Nc2cc(Cl)ccc2C)c1. The van der Waals surface area contributed by atoms with Crippen molar-refractivity contribution >= 4 is 29.3 Å². The van der Waals surface area contributed by atoms with E-state index in [4.69, 9.17) is 16.3 Å². The highest BCUT2D eigenvalue weighted by Crippen LogP contribution is 2.21. The highest BCUT2D eigenvalue weighted by Gasteiger charge is 2.11. The normalized spacial score (nSPS) is 10.8. The van der Waals surface area contributed by atoms with E-state index in [0.29, 0.717) is 23.1 Å². The molecule has 0 aromatic heterocycles. The van der Waals surface area contributed by atoms with Crippen molar-refractivity contribution in [2.24, 2.45) is 0 Å². The molecule has 0 saturated heterocycles. The Bertz CT molecular complexity index is 822. The van der Waals surface area contributed by atoms with Gasteiger partial charge >= 0.3 is 0 Å². The first-order chi connectivity index (χ1) is 11.5. The Hall–Kier alpha value is -2.77. The molecule has 0 fully saturated rings. The molecule has 2 rings (SSSR count). The number of carbonyl (C=O) groups excluding carboxylic acids is 1. The average molecular weight is 341 g/mol. The number of hydrogen-bond acceptors (Lipinski definition) is 3. The molecule has 0 saturated carbocycles. The van der Waals surface area contributed by atoms with E-state index in [2.05, 4.69) is 5.32 Å². The quantitative estimate of drug-likeness (QED) is 0.639. The summed E-state index contributed by atoms with van der Waals surface area (Å²) in [6.45, 7) is 4.30. The van der Waals surface area contributed by atoms with Gasteiger partial charge in [-0.1, -0.05) is 29.8 Å². The van der Waals surface area contributed by atoms with Crippen molar-refractivity contribution in [3.63, 3.8) is 0 Å². The number of hydrogen-bond donors (Lipinski definition) is 1. The number of benzene rings is 2. The molecule has 2 aromatic rings. The highest BCUT2D eigenvalue weighted by molar-refractivity contribution is 6.31. The molecule has 4 nitrogen and oxygen atoms in total. The van der Waals surface area contributed by atoms with Gasteiger partial charge < -0.3 is 10.1 Å². The maximum absolute atomic E-state index is 12.3. The van der Waals surface area contributed by atoms with Crippen molar-refractivity contribution in [2.75, 3.05) is 11.9 Å². The first kappa shape index (κ1) is 17.6. The van der Waals surface area contributed by atoms with Gasteiger partial charge in [-0.15, -0.1) is 0 Å². The lowest BCUT2D eigenvalue weighted by Crippen LogP contribution is -2.14. The molecule has 0 spiro atoms. The zero-order chi connectivity index (χ0) is 17.5. The van der Waals surface area contributed by atoms with Crippen LogP contribution in [0.4, 0.5) is 5.69 Å². The fourth-order valence-corrected chi connectivity index (χ4v) is 2.27. The molecule has 122 valence electrons. The van der Waals surface area contributed by atoms with Gasteiger partial charge in [0.1, 0.15) is 17.4 Å². The minimum absolute atomic E-state index is 0.00280. The first-order valence-corrected chi connectivity index (χ1v) is 7.83. The van der Waals surface area contributed by atoms with Gasteiger partial charge in [0.15, 0.2) is 0 Å². The topological polar surface area (TPSA) is 62.1 Å². The van der Waals surface area contributed by atoms with E-state index >= 15 is 0 Å². The number of halogens is 1. The molecule has 1 amide bonds. The summed E-state index contributed by atoms with van der Waals surface area (Å²) in [5, 5.41) is 12.5. The molecule has 0 atom stereocenters. The van der Waals surface area contributed by atoms with Gasteiger partial charge in [-0.3, -0.25) is 4.79 Å². The minimum atomic E-state index is -0.482. The summed E-state index contributed by atoms with van der Waals surface area (Å²) in [5.41, 5.74) is 2.17. The molecule has 0 radical (unpaired) electrons. The third kappa shape index (κ3) is 4.61. The van der Waals surface area contributed by atoms with E-state index in [1.807, 2.05) is 32.0 Å². The summed E-state index contributed by atoms with van der Waals surface area (Å²) in [5.74, 6) is 0.208. The number of carbonyl (C=O) groups is 1. The van der Waals surface area contributed by atoms with Gasteiger partial charge in [0.2, 0.25) is 0 Å². The average Bonchev–Trinajstić information content (AvgIpc) is 2.56. The van der Waals surface area contributed by atoms with Crippen molar-refractivity contribution in [2.45, 2.75) is 13.8 Å². The second-order valence-electron chi connectivity index (χ2n) is 5.09. The van der Waals surface area contributed by atoms with E-state index < -0.39 is 5.91 Å². The maximum atomic E-state index is 12.3. The number of anilines is 1. The van der Waals surface area contributed by atoms with Crippen LogP contribution in [-0.2, 0) is 4.79 Å². The van der Waals surface area contributed by atoms with Gasteiger partial charge in [0, 0.05) is 10.7 Å². The summed E-state index contributed by atoms with van der Waals surface area (Å²) in [4.78, 5) is 12.3. The standard InChI is InChI=1S/C19H17ClN2O2/c1-3-24-17-6-4-5-14(10-17)9-15(12-21)19(23)22-18-11-16(20)8-7-13(18)2/h4-11H,3H2,1-2H3,(H,22,23)/b15-9+. The molecule has 0 bridgehead atoms. The van der Waals surface area contributed by atoms with E-state index in [1.165, 1.54) is 6.08 Å². The third-order valence-electron chi connectivity index (χ3n) is 3.29. The molecule has 1 N–H and O–H groups in total. The minimum Gasteiger partial charge on any atom is -0.494 e. The van der Waals surface area contributed by atoms with Crippen LogP contribution in [0.25, 0.3) is 6.08 Å². The Kier molecular flexibility index (Phi) is 6.00. The fraction of sp³-hybridized carbons (Fsp3) is 0.158. The molecule has 0 aliphatic heterocycles. The van der Waals surface area contributed by atoms with Crippen LogP contribution in [0.5, 0.6) is 5.75 Å². The van der Waals surface area contributed by atoms with Crippen LogP contribution < -0.4 is 10.1 Å². The predicted molar refractivity (Wildman–Crippen MR) is 96.0 cm³/mol. The van der Waals surface area contributed by atoms with Gasteiger partial charge in [0.05, 0.1) is 6.61 Å². The smallest absolute Gasteiger partial charge is 0.266 e. The van der Waals surface area contributed by atoms with Gasteiger partial charge in [0.25, 0.3) is 5.91 Å². The van der Waals surface area contributed by atoms with Crippen LogP contribution >= 0.6 is 11.6 Å². The van der Waals surface area contributed by atoms with E-state index in [9.17, 15) is 10.1 Å². The van der Waals surface area contributed by atoms with Crippen LogP contribution in [0, 0.1) is 18.3 Å². The molecule has 0 aliphatic rings. The molecule has 0 heterocycles. The summed E-state index contributed by atoms with van der Waals surface area (Å²) in [6, 6.07) is 14.3. The first-order valence-electron chi connectivity index (χ1n) is 7.45. The van der Waals surface area contributed by atoms with Gasteiger partial charge in [-0.05, 0) is 55.3 Å². The molecular weight excluding hydrogens is 324 g/mol. The Morgan fingerprint density at radius 1 is 1.33 bits per heavy atom. The molecule has 5 heteroatoms. The lowest BCUT2D eigenvalue weighted by Gasteiger charge is -2.08.